The van der Waals surface area contributed by atoms with Crippen LogP contribution in [0.2, 0.25) is 0 Å². The molecule has 90 valence electrons. The lowest BCUT2D eigenvalue weighted by molar-refractivity contribution is -0.149. The zero-order valence-electron chi connectivity index (χ0n) is 9.69. The number of carboxylic acids is 1. The van der Waals surface area contributed by atoms with Crippen molar-refractivity contribution in [3.05, 3.63) is 11.6 Å². The number of nitrogens with one attached hydrogen (secondary N) is 1. The highest BCUT2D eigenvalue weighted by atomic mass is 16.4. The minimum atomic E-state index is -0.954. The van der Waals surface area contributed by atoms with E-state index >= 15 is 0 Å². The summed E-state index contributed by atoms with van der Waals surface area (Å²) in [7, 11) is 0. The average molecular weight is 226 g/mol. The molecular formula is C11H18N2O3. The number of allylic oxidation sites excluding steroid dienone is 1. The van der Waals surface area contributed by atoms with Gasteiger partial charge in [0.1, 0.15) is 6.04 Å². The standard InChI is InChI=1S/C11H18N2O3/c1-3-4-8(2)10(14)13-6-5-12-7-9(13)11(15)16/h4,9,12H,3,5-7H2,1-2H3,(H,15,16). The average Bonchev–Trinajstić information content (AvgIpc) is 2.28. The number of amides is 1. The van der Waals surface area contributed by atoms with Crippen LogP contribution in [0.3, 0.4) is 0 Å². The Hall–Kier alpha value is -1.36. The SMILES string of the molecule is CCC=C(C)C(=O)N1CCNCC1C(=O)O. The molecule has 5 nitrogen and oxygen atoms in total. The zero-order chi connectivity index (χ0) is 12.1. The van der Waals surface area contributed by atoms with Crippen molar-refractivity contribution in [3.63, 3.8) is 0 Å². The first kappa shape index (κ1) is 12.7. The van der Waals surface area contributed by atoms with Gasteiger partial charge in [-0.15, -0.1) is 0 Å². The molecule has 1 rings (SSSR count). The van der Waals surface area contributed by atoms with E-state index in [1.165, 1.54) is 4.90 Å². The van der Waals surface area contributed by atoms with Crippen LogP contribution in [0.5, 0.6) is 0 Å². The van der Waals surface area contributed by atoms with Gasteiger partial charge in [0, 0.05) is 25.2 Å². The van der Waals surface area contributed by atoms with Gasteiger partial charge in [-0.1, -0.05) is 13.0 Å². The Labute approximate surface area is 95.1 Å². The monoisotopic (exact) mass is 226 g/mol. The normalized spacial score (nSPS) is 22.0. The summed E-state index contributed by atoms with van der Waals surface area (Å²) in [5, 5.41) is 12.0. The summed E-state index contributed by atoms with van der Waals surface area (Å²) in [5.41, 5.74) is 0.621. The van der Waals surface area contributed by atoms with E-state index in [0.29, 0.717) is 25.2 Å². The Kier molecular flexibility index (Phi) is 4.49. The number of rotatable bonds is 3. The third-order valence-electron chi connectivity index (χ3n) is 2.64. The minimum Gasteiger partial charge on any atom is -0.480 e. The number of carbonyl (C=O) groups is 2. The van der Waals surface area contributed by atoms with E-state index in [2.05, 4.69) is 5.32 Å². The van der Waals surface area contributed by atoms with Gasteiger partial charge in [0.25, 0.3) is 0 Å². The largest absolute Gasteiger partial charge is 0.480 e. The van der Waals surface area contributed by atoms with Crippen molar-refractivity contribution in [2.75, 3.05) is 19.6 Å². The van der Waals surface area contributed by atoms with Gasteiger partial charge in [-0.25, -0.2) is 4.79 Å². The predicted molar refractivity (Wildman–Crippen MR) is 60.1 cm³/mol. The van der Waals surface area contributed by atoms with Crippen molar-refractivity contribution in [1.29, 1.82) is 0 Å². The first-order valence-electron chi connectivity index (χ1n) is 5.49. The van der Waals surface area contributed by atoms with Gasteiger partial charge < -0.3 is 15.3 Å². The molecule has 0 radical (unpaired) electrons. The van der Waals surface area contributed by atoms with Crippen molar-refractivity contribution in [3.8, 4) is 0 Å². The molecule has 0 aromatic carbocycles. The number of carboxylic acid groups (broad SMARTS) is 1. The summed E-state index contributed by atoms with van der Waals surface area (Å²) in [6.45, 7) is 5.09. The smallest absolute Gasteiger partial charge is 0.327 e. The van der Waals surface area contributed by atoms with Gasteiger partial charge in [0.2, 0.25) is 5.91 Å². The van der Waals surface area contributed by atoms with Crippen LogP contribution in [0.1, 0.15) is 20.3 Å². The summed E-state index contributed by atoms with van der Waals surface area (Å²) in [5.74, 6) is -1.12. The third-order valence-corrected chi connectivity index (χ3v) is 2.64. The van der Waals surface area contributed by atoms with Crippen molar-refractivity contribution in [2.24, 2.45) is 0 Å². The van der Waals surface area contributed by atoms with E-state index in [-0.39, 0.29) is 5.91 Å². The van der Waals surface area contributed by atoms with E-state index in [4.69, 9.17) is 5.11 Å². The molecule has 1 saturated heterocycles. The molecule has 0 spiro atoms. The maximum Gasteiger partial charge on any atom is 0.327 e. The number of carbonyl (C=O) groups excluding carboxylic acids is 1. The van der Waals surface area contributed by atoms with Crippen LogP contribution >= 0.6 is 0 Å². The van der Waals surface area contributed by atoms with Crippen LogP contribution in [0.15, 0.2) is 11.6 Å². The second kappa shape index (κ2) is 5.65. The fourth-order valence-corrected chi connectivity index (χ4v) is 1.79. The van der Waals surface area contributed by atoms with Crippen LogP contribution in [0.25, 0.3) is 0 Å². The molecule has 1 aliphatic rings. The molecule has 1 amide bonds. The van der Waals surface area contributed by atoms with Gasteiger partial charge in [0.05, 0.1) is 0 Å². The number of hydrogen-bond acceptors (Lipinski definition) is 3. The number of hydrogen-bond donors (Lipinski definition) is 2. The van der Waals surface area contributed by atoms with Crippen LogP contribution in [0.4, 0.5) is 0 Å². The van der Waals surface area contributed by atoms with Crippen molar-refractivity contribution in [2.45, 2.75) is 26.3 Å². The fraction of sp³-hybridized carbons (Fsp3) is 0.636. The molecule has 2 N–H and O–H groups in total. The molecule has 0 bridgehead atoms. The van der Waals surface area contributed by atoms with E-state index in [9.17, 15) is 9.59 Å². The van der Waals surface area contributed by atoms with Gasteiger partial charge in [-0.2, -0.15) is 0 Å². The van der Waals surface area contributed by atoms with E-state index in [1.54, 1.807) is 6.92 Å². The van der Waals surface area contributed by atoms with Crippen LogP contribution < -0.4 is 5.32 Å². The van der Waals surface area contributed by atoms with Crippen LogP contribution in [0, 0.1) is 0 Å². The molecule has 1 aliphatic heterocycles. The maximum absolute atomic E-state index is 12.0. The molecule has 0 aliphatic carbocycles. The molecule has 1 unspecified atom stereocenters. The van der Waals surface area contributed by atoms with Crippen molar-refractivity contribution < 1.29 is 14.7 Å². The van der Waals surface area contributed by atoms with Crippen molar-refractivity contribution in [1.82, 2.24) is 10.2 Å². The molecule has 1 atom stereocenters. The molecule has 0 aromatic rings. The minimum absolute atomic E-state index is 0.171. The van der Waals surface area contributed by atoms with E-state index in [1.807, 2.05) is 13.0 Å². The lowest BCUT2D eigenvalue weighted by atomic mass is 10.1. The maximum atomic E-state index is 12.0. The van der Waals surface area contributed by atoms with Gasteiger partial charge >= 0.3 is 5.97 Å². The summed E-state index contributed by atoms with van der Waals surface area (Å²) in [6.07, 6.45) is 2.60. The fourth-order valence-electron chi connectivity index (χ4n) is 1.79. The molecule has 0 aromatic heterocycles. The summed E-state index contributed by atoms with van der Waals surface area (Å²) in [6, 6.07) is -0.749. The van der Waals surface area contributed by atoms with Crippen LogP contribution in [-0.4, -0.2) is 47.6 Å². The van der Waals surface area contributed by atoms with Gasteiger partial charge in [0.15, 0.2) is 0 Å². The highest BCUT2D eigenvalue weighted by Gasteiger charge is 2.32. The Balaban J connectivity index is 2.79. The Morgan fingerprint density at radius 3 is 2.81 bits per heavy atom. The first-order chi connectivity index (χ1) is 7.57. The molecule has 0 saturated carbocycles. The summed E-state index contributed by atoms with van der Waals surface area (Å²) >= 11 is 0. The summed E-state index contributed by atoms with van der Waals surface area (Å²) < 4.78 is 0. The first-order valence-corrected chi connectivity index (χ1v) is 5.49. The predicted octanol–water partition coefficient (Wildman–Crippen LogP) is 0.228. The van der Waals surface area contributed by atoms with Crippen molar-refractivity contribution >= 4 is 11.9 Å². The zero-order valence-corrected chi connectivity index (χ0v) is 9.69. The Bertz CT molecular complexity index is 312. The second-order valence-electron chi connectivity index (χ2n) is 3.85. The number of aliphatic carboxylic acids is 1. The molecule has 1 heterocycles. The molecule has 16 heavy (non-hydrogen) atoms. The van der Waals surface area contributed by atoms with Gasteiger partial charge in [-0.3, -0.25) is 4.79 Å². The lowest BCUT2D eigenvalue weighted by Crippen LogP contribution is -2.57. The quantitative estimate of drug-likeness (QED) is 0.676. The molecular weight excluding hydrogens is 208 g/mol. The molecule has 5 heteroatoms. The Morgan fingerprint density at radius 1 is 1.56 bits per heavy atom. The van der Waals surface area contributed by atoms with Crippen LogP contribution in [-0.2, 0) is 9.59 Å². The molecule has 1 fully saturated rings. The van der Waals surface area contributed by atoms with E-state index in [0.717, 1.165) is 6.42 Å². The third kappa shape index (κ3) is 2.82. The highest BCUT2D eigenvalue weighted by Crippen LogP contribution is 2.09. The second-order valence-corrected chi connectivity index (χ2v) is 3.85. The lowest BCUT2D eigenvalue weighted by Gasteiger charge is -2.33. The topological polar surface area (TPSA) is 69.6 Å². The van der Waals surface area contributed by atoms with Gasteiger partial charge in [-0.05, 0) is 13.3 Å². The Morgan fingerprint density at radius 2 is 2.25 bits per heavy atom. The highest BCUT2D eigenvalue weighted by molar-refractivity contribution is 5.95. The number of piperazine rings is 1. The van der Waals surface area contributed by atoms with E-state index < -0.39 is 12.0 Å². The number of nitrogens with zero attached hydrogens (tertiary/aromatic N) is 1. The summed E-state index contributed by atoms with van der Waals surface area (Å²) in [4.78, 5) is 24.4.